The maximum Gasteiger partial charge on any atom is 0.0473 e. The van der Waals surface area contributed by atoms with E-state index in [1.54, 1.807) is 0 Å². The van der Waals surface area contributed by atoms with Crippen molar-refractivity contribution >= 4 is 0 Å². The van der Waals surface area contributed by atoms with Crippen molar-refractivity contribution in [3.63, 3.8) is 0 Å². The Hall–Kier alpha value is -1.54. The van der Waals surface area contributed by atoms with E-state index in [0.29, 0.717) is 0 Å². The van der Waals surface area contributed by atoms with Gasteiger partial charge in [-0.25, -0.2) is 0 Å². The third-order valence-corrected chi connectivity index (χ3v) is 3.51. The number of rotatable bonds is 5. The molecule has 0 aliphatic heterocycles. The number of hydrogen-bond donors (Lipinski definition) is 1. The van der Waals surface area contributed by atoms with Crippen LogP contribution < -0.4 is 5.32 Å². The molecule has 0 atom stereocenters. The fourth-order valence-electron chi connectivity index (χ4n) is 2.20. The lowest BCUT2D eigenvalue weighted by molar-refractivity contribution is 0.417. The Kier molecular flexibility index (Phi) is 4.66. The van der Waals surface area contributed by atoms with Gasteiger partial charge in [-0.2, -0.15) is 0 Å². The lowest BCUT2D eigenvalue weighted by Gasteiger charge is -2.21. The van der Waals surface area contributed by atoms with Gasteiger partial charge in [0.1, 0.15) is 0 Å². The van der Waals surface area contributed by atoms with Crippen LogP contribution in [0.3, 0.4) is 0 Å². The Labute approximate surface area is 122 Å². The van der Waals surface area contributed by atoms with Crippen LogP contribution in [0, 0.1) is 0 Å². The summed E-state index contributed by atoms with van der Waals surface area (Å²) in [6.45, 7) is 10.6. The molecule has 2 aromatic rings. The summed E-state index contributed by atoms with van der Waals surface area (Å²) in [5.41, 5.74) is 4.24. The van der Waals surface area contributed by atoms with E-state index in [9.17, 15) is 0 Å². The highest BCUT2D eigenvalue weighted by molar-refractivity contribution is 5.23. The van der Waals surface area contributed by atoms with Crippen molar-refractivity contribution in [1.29, 1.82) is 0 Å². The zero-order valence-electron chi connectivity index (χ0n) is 13.1. The predicted molar refractivity (Wildman–Crippen MR) is 85.9 cm³/mol. The zero-order chi connectivity index (χ0) is 14.6. The van der Waals surface area contributed by atoms with Crippen molar-refractivity contribution in [2.45, 2.75) is 52.7 Å². The van der Waals surface area contributed by atoms with Crippen molar-refractivity contribution in [1.82, 2.24) is 9.88 Å². The number of nitrogens with zero attached hydrogens (tertiary/aromatic N) is 1. The first-order chi connectivity index (χ1) is 9.48. The summed E-state index contributed by atoms with van der Waals surface area (Å²) in [7, 11) is 0. The number of aromatic nitrogens is 1. The lowest BCUT2D eigenvalue weighted by Crippen LogP contribution is -2.35. The molecular weight excluding hydrogens is 244 g/mol. The van der Waals surface area contributed by atoms with Crippen molar-refractivity contribution in [2.75, 3.05) is 0 Å². The quantitative estimate of drug-likeness (QED) is 0.869. The summed E-state index contributed by atoms with van der Waals surface area (Å²) in [6.07, 6.45) is 3.26. The minimum atomic E-state index is 0.151. The molecule has 0 spiro atoms. The SMILES string of the molecule is CCc1ccc(Cn2cccc2CNC(C)(C)C)cc1. The topological polar surface area (TPSA) is 17.0 Å². The first-order valence-electron chi connectivity index (χ1n) is 7.45. The summed E-state index contributed by atoms with van der Waals surface area (Å²) < 4.78 is 2.32. The molecule has 2 rings (SSSR count). The van der Waals surface area contributed by atoms with E-state index in [2.05, 4.69) is 80.2 Å². The third kappa shape index (κ3) is 4.24. The molecule has 0 aliphatic carbocycles. The van der Waals surface area contributed by atoms with Gasteiger partial charge in [-0.15, -0.1) is 0 Å². The number of hydrogen-bond acceptors (Lipinski definition) is 1. The summed E-state index contributed by atoms with van der Waals surface area (Å²) in [4.78, 5) is 0. The minimum absolute atomic E-state index is 0.151. The fourth-order valence-corrected chi connectivity index (χ4v) is 2.20. The number of nitrogens with one attached hydrogen (secondary N) is 1. The van der Waals surface area contributed by atoms with Crippen LogP contribution >= 0.6 is 0 Å². The summed E-state index contributed by atoms with van der Waals surface area (Å²) in [5, 5.41) is 3.55. The molecule has 1 aromatic heterocycles. The Morgan fingerprint density at radius 3 is 2.25 bits per heavy atom. The van der Waals surface area contributed by atoms with Crippen LogP contribution in [0.4, 0.5) is 0 Å². The number of benzene rings is 1. The Morgan fingerprint density at radius 2 is 1.65 bits per heavy atom. The standard InChI is InChI=1S/C18H26N2/c1-5-15-8-10-16(11-9-15)14-20-12-6-7-17(20)13-19-18(2,3)4/h6-12,19H,5,13-14H2,1-4H3. The van der Waals surface area contributed by atoms with E-state index in [0.717, 1.165) is 19.5 Å². The van der Waals surface area contributed by atoms with Crippen LogP contribution in [0.1, 0.15) is 44.5 Å². The first-order valence-corrected chi connectivity index (χ1v) is 7.45. The van der Waals surface area contributed by atoms with Crippen molar-refractivity contribution in [2.24, 2.45) is 0 Å². The molecule has 1 aromatic carbocycles. The van der Waals surface area contributed by atoms with Crippen LogP contribution in [-0.4, -0.2) is 10.1 Å². The predicted octanol–water partition coefficient (Wildman–Crippen LogP) is 3.99. The molecule has 1 N–H and O–H groups in total. The molecule has 0 fully saturated rings. The van der Waals surface area contributed by atoms with Gasteiger partial charge in [0.25, 0.3) is 0 Å². The summed E-state index contributed by atoms with van der Waals surface area (Å²) in [6, 6.07) is 13.2. The molecule has 0 saturated carbocycles. The average molecular weight is 270 g/mol. The Morgan fingerprint density at radius 1 is 1.00 bits per heavy atom. The van der Waals surface area contributed by atoms with E-state index < -0.39 is 0 Å². The van der Waals surface area contributed by atoms with Crippen LogP contribution in [0.2, 0.25) is 0 Å². The van der Waals surface area contributed by atoms with E-state index in [1.165, 1.54) is 16.8 Å². The largest absolute Gasteiger partial charge is 0.346 e. The molecule has 2 heteroatoms. The van der Waals surface area contributed by atoms with Crippen LogP contribution in [-0.2, 0) is 19.5 Å². The highest BCUT2D eigenvalue weighted by atomic mass is 15.0. The molecule has 2 nitrogen and oxygen atoms in total. The van der Waals surface area contributed by atoms with Crippen LogP contribution in [0.15, 0.2) is 42.6 Å². The second kappa shape index (κ2) is 6.27. The molecule has 0 bridgehead atoms. The molecule has 0 saturated heterocycles. The molecule has 20 heavy (non-hydrogen) atoms. The van der Waals surface area contributed by atoms with E-state index in [4.69, 9.17) is 0 Å². The smallest absolute Gasteiger partial charge is 0.0473 e. The van der Waals surface area contributed by atoms with Crippen molar-refractivity contribution < 1.29 is 0 Å². The molecule has 0 aliphatic rings. The molecular formula is C18H26N2. The Balaban J connectivity index is 2.04. The van der Waals surface area contributed by atoms with E-state index in [1.807, 2.05) is 0 Å². The van der Waals surface area contributed by atoms with Gasteiger partial charge in [0.05, 0.1) is 0 Å². The molecule has 0 radical (unpaired) electrons. The van der Waals surface area contributed by atoms with Crippen LogP contribution in [0.5, 0.6) is 0 Å². The van der Waals surface area contributed by atoms with E-state index >= 15 is 0 Å². The maximum absolute atomic E-state index is 3.55. The monoisotopic (exact) mass is 270 g/mol. The molecule has 0 amide bonds. The van der Waals surface area contributed by atoms with Gasteiger partial charge in [-0.3, -0.25) is 0 Å². The highest BCUT2D eigenvalue weighted by Crippen LogP contribution is 2.11. The maximum atomic E-state index is 3.55. The Bertz CT molecular complexity index is 529. The van der Waals surface area contributed by atoms with E-state index in [-0.39, 0.29) is 5.54 Å². The second-order valence-electron chi connectivity index (χ2n) is 6.40. The summed E-state index contributed by atoms with van der Waals surface area (Å²) in [5.74, 6) is 0. The minimum Gasteiger partial charge on any atom is -0.346 e. The first kappa shape index (κ1) is 14.9. The molecule has 1 heterocycles. The van der Waals surface area contributed by atoms with Crippen molar-refractivity contribution in [3.05, 3.63) is 59.4 Å². The van der Waals surface area contributed by atoms with Gasteiger partial charge in [-0.1, -0.05) is 31.2 Å². The lowest BCUT2D eigenvalue weighted by atomic mass is 10.1. The number of aryl methyl sites for hydroxylation is 1. The zero-order valence-corrected chi connectivity index (χ0v) is 13.1. The van der Waals surface area contributed by atoms with Gasteiger partial charge in [0.2, 0.25) is 0 Å². The van der Waals surface area contributed by atoms with Gasteiger partial charge < -0.3 is 9.88 Å². The van der Waals surface area contributed by atoms with Gasteiger partial charge in [0, 0.05) is 30.5 Å². The van der Waals surface area contributed by atoms with Gasteiger partial charge in [0.15, 0.2) is 0 Å². The second-order valence-corrected chi connectivity index (χ2v) is 6.40. The highest BCUT2D eigenvalue weighted by Gasteiger charge is 2.10. The normalized spacial score (nSPS) is 11.8. The fraction of sp³-hybridized carbons (Fsp3) is 0.444. The molecule has 0 unspecified atom stereocenters. The van der Waals surface area contributed by atoms with Crippen molar-refractivity contribution in [3.8, 4) is 0 Å². The van der Waals surface area contributed by atoms with Gasteiger partial charge in [-0.05, 0) is 50.5 Å². The van der Waals surface area contributed by atoms with Crippen LogP contribution in [0.25, 0.3) is 0 Å². The average Bonchev–Trinajstić information content (AvgIpc) is 2.84. The third-order valence-electron chi connectivity index (χ3n) is 3.51. The van der Waals surface area contributed by atoms with Gasteiger partial charge >= 0.3 is 0 Å². The molecule has 108 valence electrons. The summed E-state index contributed by atoms with van der Waals surface area (Å²) >= 11 is 0.